The van der Waals surface area contributed by atoms with Crippen LogP contribution in [0.15, 0.2) is 0 Å². The number of hydrogen-bond donors (Lipinski definition) is 1. The number of ether oxygens (including phenoxy) is 1. The number of methoxy groups -OCH3 is 1. The number of hydrogen-bond acceptors (Lipinski definition) is 6. The van der Waals surface area contributed by atoms with E-state index in [1.165, 1.54) is 11.8 Å². The van der Waals surface area contributed by atoms with Crippen molar-refractivity contribution in [2.75, 3.05) is 12.4 Å². The first-order valence-corrected chi connectivity index (χ1v) is 5.47. The highest BCUT2D eigenvalue weighted by atomic mass is 16.6. The zero-order chi connectivity index (χ0) is 13.9. The summed E-state index contributed by atoms with van der Waals surface area (Å²) in [7, 11) is 2.84. The average molecular weight is 256 g/mol. The molecule has 1 unspecified atom stereocenters. The summed E-state index contributed by atoms with van der Waals surface area (Å²) in [5.41, 5.74) is 0.276. The lowest BCUT2D eigenvalue weighted by Gasteiger charge is -2.12. The Kier molecular flexibility index (Phi) is 4.24. The van der Waals surface area contributed by atoms with E-state index in [1.54, 1.807) is 20.9 Å². The van der Waals surface area contributed by atoms with E-state index in [1.807, 2.05) is 0 Å². The zero-order valence-corrected chi connectivity index (χ0v) is 10.8. The molecule has 1 heterocycles. The number of anilines is 1. The number of rotatable bonds is 5. The molecule has 1 N–H and O–H groups in total. The normalized spacial score (nSPS) is 12.0. The fraction of sp³-hybridized carbons (Fsp3) is 0.600. The Morgan fingerprint density at radius 2 is 2.28 bits per heavy atom. The monoisotopic (exact) mass is 256 g/mol. The van der Waals surface area contributed by atoms with E-state index in [0.717, 1.165) is 0 Å². The van der Waals surface area contributed by atoms with Crippen molar-refractivity contribution in [2.45, 2.75) is 26.3 Å². The highest BCUT2D eigenvalue weighted by Crippen LogP contribution is 2.28. The molecule has 1 rings (SSSR count). The number of aryl methyl sites for hydroxylation is 2. The Morgan fingerprint density at radius 1 is 1.67 bits per heavy atom. The summed E-state index contributed by atoms with van der Waals surface area (Å²) in [6.07, 6.45) is 0.443. The van der Waals surface area contributed by atoms with Crippen LogP contribution in [0.4, 0.5) is 11.5 Å². The molecular weight excluding hydrogens is 240 g/mol. The summed E-state index contributed by atoms with van der Waals surface area (Å²) in [5, 5.41) is 17.8. The summed E-state index contributed by atoms with van der Waals surface area (Å²) in [6, 6.07) is -0.686. The summed E-state index contributed by atoms with van der Waals surface area (Å²) < 4.78 is 5.91. The maximum absolute atomic E-state index is 11.3. The molecule has 0 spiro atoms. The molecule has 0 bridgehead atoms. The van der Waals surface area contributed by atoms with E-state index in [2.05, 4.69) is 15.2 Å². The number of carbonyl (C=O) groups is 1. The minimum atomic E-state index is -0.686. The van der Waals surface area contributed by atoms with Crippen molar-refractivity contribution in [3.8, 4) is 0 Å². The molecule has 1 atom stereocenters. The molecule has 0 aromatic carbocycles. The highest BCUT2D eigenvalue weighted by molar-refractivity contribution is 5.79. The number of nitro groups is 1. The molecule has 0 aliphatic rings. The molecule has 8 heteroatoms. The number of aromatic nitrogens is 2. The van der Waals surface area contributed by atoms with Gasteiger partial charge in [-0.1, -0.05) is 6.92 Å². The van der Waals surface area contributed by atoms with Crippen molar-refractivity contribution >= 4 is 17.5 Å². The third-order valence-corrected chi connectivity index (χ3v) is 2.52. The maximum Gasteiger partial charge on any atom is 0.334 e. The van der Waals surface area contributed by atoms with E-state index >= 15 is 0 Å². The number of carbonyl (C=O) groups excluding carboxylic acids is 1. The van der Waals surface area contributed by atoms with Crippen LogP contribution in [-0.4, -0.2) is 33.8 Å². The number of nitrogens with zero attached hydrogens (tertiary/aromatic N) is 3. The standard InChI is InChI=1S/C10H16N4O4/c1-5-7-8(14(16)17)9(13(3)12-7)11-6(2)10(15)18-4/h6,11H,5H2,1-4H3. The molecule has 100 valence electrons. The topological polar surface area (TPSA) is 99.3 Å². The van der Waals surface area contributed by atoms with Gasteiger partial charge in [-0.05, 0) is 13.3 Å². The number of esters is 1. The van der Waals surface area contributed by atoms with Crippen molar-refractivity contribution in [3.63, 3.8) is 0 Å². The van der Waals surface area contributed by atoms with Crippen LogP contribution in [0.5, 0.6) is 0 Å². The molecule has 0 radical (unpaired) electrons. The maximum atomic E-state index is 11.3. The third kappa shape index (κ3) is 2.58. The molecule has 0 amide bonds. The molecule has 0 aliphatic heterocycles. The Hall–Kier alpha value is -2.12. The predicted octanol–water partition coefficient (Wildman–Crippen LogP) is 0.864. The van der Waals surface area contributed by atoms with Gasteiger partial charge in [0.1, 0.15) is 11.7 Å². The zero-order valence-electron chi connectivity index (χ0n) is 10.8. The van der Waals surface area contributed by atoms with Crippen LogP contribution in [0.25, 0.3) is 0 Å². The van der Waals surface area contributed by atoms with Crippen molar-refractivity contribution < 1.29 is 14.5 Å². The summed E-state index contributed by atoms with van der Waals surface area (Å²) >= 11 is 0. The second-order valence-electron chi connectivity index (χ2n) is 3.77. The molecule has 0 saturated carbocycles. The fourth-order valence-electron chi connectivity index (χ4n) is 1.60. The summed E-state index contributed by atoms with van der Waals surface area (Å²) in [4.78, 5) is 21.8. The molecule has 8 nitrogen and oxygen atoms in total. The fourth-order valence-corrected chi connectivity index (χ4v) is 1.60. The van der Waals surface area contributed by atoms with Crippen molar-refractivity contribution in [1.29, 1.82) is 0 Å². The average Bonchev–Trinajstić information content (AvgIpc) is 2.65. The first-order chi connectivity index (χ1) is 8.42. The predicted molar refractivity (Wildman–Crippen MR) is 64.3 cm³/mol. The molecule has 0 saturated heterocycles. The van der Waals surface area contributed by atoms with Crippen molar-refractivity contribution in [1.82, 2.24) is 9.78 Å². The quantitative estimate of drug-likeness (QED) is 0.476. The lowest BCUT2D eigenvalue weighted by atomic mass is 10.2. The van der Waals surface area contributed by atoms with Crippen LogP contribution in [0.1, 0.15) is 19.5 Å². The van der Waals surface area contributed by atoms with Gasteiger partial charge in [0.2, 0.25) is 5.82 Å². The van der Waals surface area contributed by atoms with E-state index < -0.39 is 16.9 Å². The second kappa shape index (κ2) is 5.48. The van der Waals surface area contributed by atoms with Gasteiger partial charge in [-0.3, -0.25) is 10.1 Å². The Balaban J connectivity index is 3.12. The van der Waals surface area contributed by atoms with Gasteiger partial charge >= 0.3 is 11.7 Å². The molecular formula is C10H16N4O4. The molecule has 1 aromatic heterocycles. The third-order valence-electron chi connectivity index (χ3n) is 2.52. The summed E-state index contributed by atoms with van der Waals surface area (Å²) in [5.74, 6) is -0.293. The van der Waals surface area contributed by atoms with Gasteiger partial charge in [-0.2, -0.15) is 5.10 Å². The molecule has 18 heavy (non-hydrogen) atoms. The van der Waals surface area contributed by atoms with Gasteiger partial charge in [0.25, 0.3) is 0 Å². The second-order valence-corrected chi connectivity index (χ2v) is 3.77. The van der Waals surface area contributed by atoms with Crippen LogP contribution < -0.4 is 5.32 Å². The van der Waals surface area contributed by atoms with Crippen LogP contribution >= 0.6 is 0 Å². The molecule has 0 aliphatic carbocycles. The first-order valence-electron chi connectivity index (χ1n) is 5.47. The Morgan fingerprint density at radius 3 is 2.72 bits per heavy atom. The SMILES string of the molecule is CCc1nn(C)c(NC(C)C(=O)OC)c1[N+](=O)[O-]. The largest absolute Gasteiger partial charge is 0.467 e. The molecule has 0 fully saturated rings. The Bertz CT molecular complexity index is 469. The van der Waals surface area contributed by atoms with E-state index in [-0.39, 0.29) is 11.5 Å². The molecule has 1 aromatic rings. The van der Waals surface area contributed by atoms with Gasteiger partial charge in [0.15, 0.2) is 0 Å². The highest BCUT2D eigenvalue weighted by Gasteiger charge is 2.28. The van der Waals surface area contributed by atoms with E-state index in [0.29, 0.717) is 12.1 Å². The summed E-state index contributed by atoms with van der Waals surface area (Å²) in [6.45, 7) is 3.34. The van der Waals surface area contributed by atoms with Gasteiger partial charge in [-0.15, -0.1) is 0 Å². The lowest BCUT2D eigenvalue weighted by Crippen LogP contribution is -2.28. The van der Waals surface area contributed by atoms with Gasteiger partial charge in [-0.25, -0.2) is 9.48 Å². The van der Waals surface area contributed by atoms with Crippen LogP contribution in [-0.2, 0) is 23.0 Å². The first kappa shape index (κ1) is 13.9. The van der Waals surface area contributed by atoms with Crippen LogP contribution in [0, 0.1) is 10.1 Å². The smallest absolute Gasteiger partial charge is 0.334 e. The Labute approximate surface area is 104 Å². The van der Waals surface area contributed by atoms with Gasteiger partial charge < -0.3 is 10.1 Å². The minimum absolute atomic E-state index is 0.101. The number of nitrogens with one attached hydrogen (secondary N) is 1. The van der Waals surface area contributed by atoms with Crippen LogP contribution in [0.3, 0.4) is 0 Å². The van der Waals surface area contributed by atoms with E-state index in [9.17, 15) is 14.9 Å². The minimum Gasteiger partial charge on any atom is -0.467 e. The lowest BCUT2D eigenvalue weighted by molar-refractivity contribution is -0.384. The van der Waals surface area contributed by atoms with E-state index in [4.69, 9.17) is 0 Å². The van der Waals surface area contributed by atoms with Crippen LogP contribution in [0.2, 0.25) is 0 Å². The van der Waals surface area contributed by atoms with Gasteiger partial charge in [0.05, 0.1) is 12.0 Å². The van der Waals surface area contributed by atoms with Crippen molar-refractivity contribution in [2.24, 2.45) is 7.05 Å². The van der Waals surface area contributed by atoms with Gasteiger partial charge in [0, 0.05) is 7.05 Å². The van der Waals surface area contributed by atoms with Crippen molar-refractivity contribution in [3.05, 3.63) is 15.8 Å².